The highest BCUT2D eigenvalue weighted by Crippen LogP contribution is 2.05. The maximum absolute atomic E-state index is 11.3. The molecule has 1 saturated heterocycles. The normalized spacial score (nSPS) is 28.8. The van der Waals surface area contributed by atoms with Crippen LogP contribution in [0.15, 0.2) is 0 Å². The van der Waals surface area contributed by atoms with Crippen molar-refractivity contribution in [2.24, 2.45) is 0 Å². The van der Waals surface area contributed by atoms with Gasteiger partial charge in [0.1, 0.15) is 0 Å². The molecule has 2 unspecified atom stereocenters. The summed E-state index contributed by atoms with van der Waals surface area (Å²) in [5, 5.41) is 5.31. The second-order valence-corrected chi connectivity index (χ2v) is 4.06. The Kier molecular flexibility index (Phi) is 3.74. The number of hydrogen-bond acceptors (Lipinski definition) is 4. The van der Waals surface area contributed by atoms with Crippen molar-refractivity contribution >= 4 is 23.6 Å². The Morgan fingerprint density at radius 1 is 1.38 bits per heavy atom. The van der Waals surface area contributed by atoms with E-state index in [1.807, 2.05) is 6.26 Å². The lowest BCUT2D eigenvalue weighted by Gasteiger charge is -2.26. The summed E-state index contributed by atoms with van der Waals surface area (Å²) >= 11 is 1.69. The molecule has 4 nitrogen and oxygen atoms in total. The van der Waals surface area contributed by atoms with Crippen LogP contribution in [-0.4, -0.2) is 35.9 Å². The third kappa shape index (κ3) is 2.70. The Balaban J connectivity index is 2.46. The van der Waals surface area contributed by atoms with Gasteiger partial charge in [0.2, 0.25) is 11.8 Å². The SMILES string of the molecule is CSCCC1NC(C)C(=O)NC1=O. The second kappa shape index (κ2) is 4.62. The highest BCUT2D eigenvalue weighted by Gasteiger charge is 2.30. The number of imide groups is 1. The summed E-state index contributed by atoms with van der Waals surface area (Å²) in [6, 6.07) is -0.468. The zero-order chi connectivity index (χ0) is 9.84. The molecule has 74 valence electrons. The van der Waals surface area contributed by atoms with E-state index < -0.39 is 0 Å². The average Bonchev–Trinajstić information content (AvgIpc) is 2.09. The number of carbonyl (C=O) groups excluding carboxylic acids is 2. The van der Waals surface area contributed by atoms with Crippen molar-refractivity contribution in [3.8, 4) is 0 Å². The van der Waals surface area contributed by atoms with Gasteiger partial charge in [-0.1, -0.05) is 0 Å². The molecule has 1 aliphatic rings. The number of nitrogens with one attached hydrogen (secondary N) is 2. The average molecular weight is 202 g/mol. The molecule has 1 rings (SSSR count). The lowest BCUT2D eigenvalue weighted by atomic mass is 10.1. The molecule has 13 heavy (non-hydrogen) atoms. The van der Waals surface area contributed by atoms with Crippen molar-refractivity contribution in [2.45, 2.75) is 25.4 Å². The molecule has 0 aromatic heterocycles. The molecule has 0 aliphatic carbocycles. The molecule has 0 bridgehead atoms. The van der Waals surface area contributed by atoms with Gasteiger partial charge in [0.05, 0.1) is 12.1 Å². The fraction of sp³-hybridized carbons (Fsp3) is 0.750. The van der Waals surface area contributed by atoms with E-state index in [9.17, 15) is 9.59 Å². The number of amides is 2. The summed E-state index contributed by atoms with van der Waals surface area (Å²) in [7, 11) is 0. The van der Waals surface area contributed by atoms with Crippen LogP contribution in [0.2, 0.25) is 0 Å². The number of piperazine rings is 1. The predicted molar refractivity (Wildman–Crippen MR) is 52.5 cm³/mol. The fourth-order valence-corrected chi connectivity index (χ4v) is 1.69. The fourth-order valence-electron chi connectivity index (χ4n) is 1.22. The number of hydrogen-bond donors (Lipinski definition) is 2. The Hall–Kier alpha value is -0.550. The van der Waals surface area contributed by atoms with Crippen molar-refractivity contribution in [3.63, 3.8) is 0 Å². The molecular weight excluding hydrogens is 188 g/mol. The lowest BCUT2D eigenvalue weighted by Crippen LogP contribution is -2.60. The summed E-state index contributed by atoms with van der Waals surface area (Å²) in [4.78, 5) is 22.3. The van der Waals surface area contributed by atoms with Crippen LogP contribution in [0.5, 0.6) is 0 Å². The van der Waals surface area contributed by atoms with Crippen LogP contribution in [0.3, 0.4) is 0 Å². The van der Waals surface area contributed by atoms with Gasteiger partial charge in [0.15, 0.2) is 0 Å². The van der Waals surface area contributed by atoms with Crippen molar-refractivity contribution in [1.82, 2.24) is 10.6 Å². The van der Waals surface area contributed by atoms with Crippen LogP contribution < -0.4 is 10.6 Å². The molecular formula is C8H14N2O2S. The zero-order valence-electron chi connectivity index (χ0n) is 7.79. The van der Waals surface area contributed by atoms with E-state index in [2.05, 4.69) is 10.6 Å². The van der Waals surface area contributed by atoms with Crippen LogP contribution in [0.1, 0.15) is 13.3 Å². The number of carbonyl (C=O) groups is 2. The van der Waals surface area contributed by atoms with Crippen molar-refractivity contribution in [3.05, 3.63) is 0 Å². The summed E-state index contributed by atoms with van der Waals surface area (Å²) in [5.41, 5.74) is 0. The third-order valence-corrected chi connectivity index (χ3v) is 2.66. The van der Waals surface area contributed by atoms with E-state index in [0.717, 1.165) is 12.2 Å². The van der Waals surface area contributed by atoms with E-state index in [-0.39, 0.29) is 23.9 Å². The molecule has 1 aliphatic heterocycles. The van der Waals surface area contributed by atoms with Gasteiger partial charge in [-0.25, -0.2) is 0 Å². The monoisotopic (exact) mass is 202 g/mol. The Labute approximate surface area is 81.8 Å². The molecule has 2 N–H and O–H groups in total. The summed E-state index contributed by atoms with van der Waals surface area (Å²) < 4.78 is 0. The molecule has 5 heteroatoms. The van der Waals surface area contributed by atoms with E-state index in [1.54, 1.807) is 18.7 Å². The first-order chi connectivity index (χ1) is 6.15. The van der Waals surface area contributed by atoms with Gasteiger partial charge in [-0.3, -0.25) is 20.2 Å². The van der Waals surface area contributed by atoms with Gasteiger partial charge in [0.25, 0.3) is 0 Å². The first-order valence-electron chi connectivity index (χ1n) is 4.25. The quantitative estimate of drug-likeness (QED) is 0.619. The van der Waals surface area contributed by atoms with Crippen LogP contribution in [0.4, 0.5) is 0 Å². The van der Waals surface area contributed by atoms with E-state index in [1.165, 1.54) is 0 Å². The van der Waals surface area contributed by atoms with Gasteiger partial charge in [-0.05, 0) is 25.4 Å². The Bertz CT molecular complexity index is 220. The summed E-state index contributed by atoms with van der Waals surface area (Å²) in [5.74, 6) is 0.494. The van der Waals surface area contributed by atoms with Gasteiger partial charge in [-0.15, -0.1) is 0 Å². The molecule has 1 heterocycles. The van der Waals surface area contributed by atoms with E-state index in [0.29, 0.717) is 0 Å². The molecule has 0 spiro atoms. The van der Waals surface area contributed by atoms with Gasteiger partial charge in [0, 0.05) is 0 Å². The molecule has 0 radical (unpaired) electrons. The van der Waals surface area contributed by atoms with Crippen LogP contribution in [0, 0.1) is 0 Å². The maximum atomic E-state index is 11.3. The standard InChI is InChI=1S/C8H14N2O2S/c1-5-7(11)10-8(12)6(9-5)3-4-13-2/h5-6,9H,3-4H2,1-2H3,(H,10,11,12). The minimum absolute atomic E-state index is 0.197. The zero-order valence-corrected chi connectivity index (χ0v) is 8.61. The smallest absolute Gasteiger partial charge is 0.243 e. The van der Waals surface area contributed by atoms with Crippen molar-refractivity contribution in [1.29, 1.82) is 0 Å². The number of thioether (sulfide) groups is 1. The lowest BCUT2D eigenvalue weighted by molar-refractivity contribution is -0.136. The highest BCUT2D eigenvalue weighted by molar-refractivity contribution is 7.98. The topological polar surface area (TPSA) is 58.2 Å². The predicted octanol–water partition coefficient (Wildman–Crippen LogP) is -0.257. The van der Waals surface area contributed by atoms with Gasteiger partial charge >= 0.3 is 0 Å². The largest absolute Gasteiger partial charge is 0.295 e. The highest BCUT2D eigenvalue weighted by atomic mass is 32.2. The minimum Gasteiger partial charge on any atom is -0.295 e. The second-order valence-electron chi connectivity index (χ2n) is 3.08. The first-order valence-corrected chi connectivity index (χ1v) is 5.64. The van der Waals surface area contributed by atoms with E-state index in [4.69, 9.17) is 0 Å². The van der Waals surface area contributed by atoms with Crippen molar-refractivity contribution in [2.75, 3.05) is 12.0 Å². The van der Waals surface area contributed by atoms with Gasteiger partial charge < -0.3 is 0 Å². The van der Waals surface area contributed by atoms with E-state index >= 15 is 0 Å². The Morgan fingerprint density at radius 3 is 2.69 bits per heavy atom. The van der Waals surface area contributed by atoms with Crippen LogP contribution in [0.25, 0.3) is 0 Å². The molecule has 2 amide bonds. The molecule has 0 aromatic carbocycles. The Morgan fingerprint density at radius 2 is 2.08 bits per heavy atom. The molecule has 0 aromatic rings. The van der Waals surface area contributed by atoms with Crippen LogP contribution in [-0.2, 0) is 9.59 Å². The number of rotatable bonds is 3. The first kappa shape index (κ1) is 10.5. The minimum atomic E-state index is -0.260. The molecule has 2 atom stereocenters. The van der Waals surface area contributed by atoms with Crippen molar-refractivity contribution < 1.29 is 9.59 Å². The summed E-state index contributed by atoms with van der Waals surface area (Å²) in [6.45, 7) is 1.76. The van der Waals surface area contributed by atoms with Crippen LogP contribution >= 0.6 is 11.8 Å². The molecule has 1 fully saturated rings. The maximum Gasteiger partial charge on any atom is 0.243 e. The third-order valence-electron chi connectivity index (χ3n) is 2.02. The summed E-state index contributed by atoms with van der Waals surface area (Å²) in [6.07, 6.45) is 2.76. The van der Waals surface area contributed by atoms with Gasteiger partial charge in [-0.2, -0.15) is 11.8 Å². The molecule has 0 saturated carbocycles.